The third kappa shape index (κ3) is 12.5. The molecule has 0 aromatic heterocycles. The number of aliphatic hydroxyl groups excluding tert-OH is 3. The monoisotopic (exact) mass is 321 g/mol. The summed E-state index contributed by atoms with van der Waals surface area (Å²) in [6, 6.07) is 0. The van der Waals surface area contributed by atoms with Gasteiger partial charge in [-0.15, -0.1) is 0 Å². The molecule has 0 aromatic carbocycles. The van der Waals surface area contributed by atoms with E-state index in [0.717, 1.165) is 0 Å². The Hall–Kier alpha value is -1.22. The summed E-state index contributed by atoms with van der Waals surface area (Å²) in [5, 5.41) is 27.0. The summed E-state index contributed by atoms with van der Waals surface area (Å²) in [5.74, 6) is -0.888. The molecule has 8 nitrogen and oxygen atoms in total. The Labute approximate surface area is 130 Å². The smallest absolute Gasteiger partial charge is 0.307 e. The first kappa shape index (κ1) is 20.8. The molecule has 0 aromatic rings. The van der Waals surface area contributed by atoms with Crippen molar-refractivity contribution in [3.8, 4) is 0 Å². The second kappa shape index (κ2) is 12.3. The lowest BCUT2D eigenvalue weighted by Crippen LogP contribution is -2.32. The van der Waals surface area contributed by atoms with Gasteiger partial charge < -0.3 is 24.8 Å². The lowest BCUT2D eigenvalue weighted by atomic mass is 10.3. The van der Waals surface area contributed by atoms with E-state index in [0.29, 0.717) is 19.6 Å². The fourth-order valence-electron chi connectivity index (χ4n) is 1.55. The minimum absolute atomic E-state index is 0.0511. The first-order chi connectivity index (χ1) is 10.3. The van der Waals surface area contributed by atoms with Gasteiger partial charge in [-0.05, 0) is 13.8 Å². The fraction of sp³-hybridized carbons (Fsp3) is 0.857. The zero-order chi connectivity index (χ0) is 17.0. The summed E-state index contributed by atoms with van der Waals surface area (Å²) in [5.41, 5.74) is 0. The first-order valence-corrected chi connectivity index (χ1v) is 7.35. The van der Waals surface area contributed by atoms with Crippen LogP contribution in [0.5, 0.6) is 0 Å². The summed E-state index contributed by atoms with van der Waals surface area (Å²) in [6.45, 7) is 3.84. The minimum Gasteiger partial charge on any atom is -0.463 e. The van der Waals surface area contributed by atoms with Crippen molar-refractivity contribution >= 4 is 11.9 Å². The molecule has 0 saturated heterocycles. The van der Waals surface area contributed by atoms with Crippen LogP contribution in [0.3, 0.4) is 0 Å². The van der Waals surface area contributed by atoms with Crippen molar-refractivity contribution in [3.05, 3.63) is 0 Å². The zero-order valence-corrected chi connectivity index (χ0v) is 13.2. The molecule has 0 spiro atoms. The molecule has 8 heteroatoms. The topological polar surface area (TPSA) is 117 Å². The standard InChI is InChI=1S/C14H27NO7/c1-11(17)9-21-13(19)3-5-15(7-8-16)6-4-14(20)22-10-12(2)18/h11-12,16-18H,3-10H2,1-2H3. The molecule has 0 radical (unpaired) electrons. The van der Waals surface area contributed by atoms with Crippen LogP contribution >= 0.6 is 0 Å². The predicted octanol–water partition coefficient (Wildman–Crippen LogP) is -1.09. The maximum absolute atomic E-state index is 11.4. The highest BCUT2D eigenvalue weighted by atomic mass is 16.5. The van der Waals surface area contributed by atoms with Crippen molar-refractivity contribution in [3.63, 3.8) is 0 Å². The molecule has 130 valence electrons. The van der Waals surface area contributed by atoms with Crippen molar-refractivity contribution < 1.29 is 34.4 Å². The van der Waals surface area contributed by atoms with Crippen LogP contribution in [-0.4, -0.2) is 83.8 Å². The predicted molar refractivity (Wildman–Crippen MR) is 78.0 cm³/mol. The van der Waals surface area contributed by atoms with E-state index in [1.54, 1.807) is 4.90 Å². The molecule has 0 amide bonds. The second-order valence-electron chi connectivity index (χ2n) is 5.13. The van der Waals surface area contributed by atoms with Crippen LogP contribution < -0.4 is 0 Å². The van der Waals surface area contributed by atoms with Gasteiger partial charge >= 0.3 is 11.9 Å². The van der Waals surface area contributed by atoms with E-state index in [-0.39, 0.29) is 32.7 Å². The molecular formula is C14H27NO7. The number of nitrogens with zero attached hydrogens (tertiary/aromatic N) is 1. The van der Waals surface area contributed by atoms with Gasteiger partial charge in [0.05, 0.1) is 31.7 Å². The fourth-order valence-corrected chi connectivity index (χ4v) is 1.55. The summed E-state index contributed by atoms with van der Waals surface area (Å²) in [4.78, 5) is 24.6. The molecular weight excluding hydrogens is 294 g/mol. The summed E-state index contributed by atoms with van der Waals surface area (Å²) in [7, 11) is 0. The van der Waals surface area contributed by atoms with E-state index in [1.165, 1.54) is 13.8 Å². The van der Waals surface area contributed by atoms with Gasteiger partial charge in [0.2, 0.25) is 0 Å². The molecule has 0 saturated carbocycles. The quantitative estimate of drug-likeness (QED) is 0.388. The molecule has 2 unspecified atom stereocenters. The van der Waals surface area contributed by atoms with Gasteiger partial charge in [0.25, 0.3) is 0 Å². The Morgan fingerprint density at radius 1 is 0.909 bits per heavy atom. The molecule has 0 heterocycles. The van der Waals surface area contributed by atoms with Gasteiger partial charge in [0, 0.05) is 19.6 Å². The lowest BCUT2D eigenvalue weighted by molar-refractivity contribution is -0.147. The van der Waals surface area contributed by atoms with E-state index >= 15 is 0 Å². The molecule has 3 N–H and O–H groups in total. The molecule has 2 atom stereocenters. The van der Waals surface area contributed by atoms with Crippen molar-refractivity contribution in [1.29, 1.82) is 0 Å². The zero-order valence-electron chi connectivity index (χ0n) is 13.2. The van der Waals surface area contributed by atoms with Gasteiger partial charge in [-0.2, -0.15) is 0 Å². The number of carbonyl (C=O) groups is 2. The van der Waals surface area contributed by atoms with Crippen molar-refractivity contribution in [2.45, 2.75) is 38.9 Å². The van der Waals surface area contributed by atoms with Crippen LogP contribution in [0.2, 0.25) is 0 Å². The van der Waals surface area contributed by atoms with Crippen LogP contribution in [0, 0.1) is 0 Å². The Morgan fingerprint density at radius 2 is 1.32 bits per heavy atom. The first-order valence-electron chi connectivity index (χ1n) is 7.35. The molecule has 0 aliphatic heterocycles. The Balaban J connectivity index is 3.99. The van der Waals surface area contributed by atoms with E-state index < -0.39 is 24.1 Å². The maximum Gasteiger partial charge on any atom is 0.307 e. The van der Waals surface area contributed by atoms with Crippen molar-refractivity contribution in [1.82, 2.24) is 4.90 Å². The van der Waals surface area contributed by atoms with Gasteiger partial charge in [-0.25, -0.2) is 0 Å². The number of hydrogen-bond acceptors (Lipinski definition) is 8. The molecule has 0 aliphatic carbocycles. The Bertz CT molecular complexity index is 292. The molecule has 0 aliphatic rings. The van der Waals surface area contributed by atoms with Crippen molar-refractivity contribution in [2.24, 2.45) is 0 Å². The van der Waals surface area contributed by atoms with Crippen molar-refractivity contribution in [2.75, 3.05) is 39.5 Å². The van der Waals surface area contributed by atoms with Crippen LogP contribution in [0.4, 0.5) is 0 Å². The molecule has 0 bridgehead atoms. The van der Waals surface area contributed by atoms with E-state index in [2.05, 4.69) is 0 Å². The van der Waals surface area contributed by atoms with Gasteiger partial charge in [0.15, 0.2) is 0 Å². The molecule has 0 rings (SSSR count). The summed E-state index contributed by atoms with van der Waals surface area (Å²) in [6.07, 6.45) is -1.20. The number of esters is 2. The van der Waals surface area contributed by atoms with Crippen LogP contribution in [-0.2, 0) is 19.1 Å². The largest absolute Gasteiger partial charge is 0.463 e. The SMILES string of the molecule is CC(O)COC(=O)CCN(CCO)CCC(=O)OCC(C)O. The van der Waals surface area contributed by atoms with Crippen LogP contribution in [0.15, 0.2) is 0 Å². The van der Waals surface area contributed by atoms with Gasteiger partial charge in [-0.3, -0.25) is 14.5 Å². The average molecular weight is 321 g/mol. The summed E-state index contributed by atoms with van der Waals surface area (Å²) >= 11 is 0. The number of ether oxygens (including phenoxy) is 2. The number of carbonyl (C=O) groups excluding carboxylic acids is 2. The van der Waals surface area contributed by atoms with Crippen LogP contribution in [0.25, 0.3) is 0 Å². The highest BCUT2D eigenvalue weighted by Gasteiger charge is 2.12. The normalized spacial score (nSPS) is 13.7. The minimum atomic E-state index is -0.707. The van der Waals surface area contributed by atoms with Gasteiger partial charge in [0.1, 0.15) is 13.2 Å². The molecule has 22 heavy (non-hydrogen) atoms. The number of hydrogen-bond donors (Lipinski definition) is 3. The highest BCUT2D eigenvalue weighted by Crippen LogP contribution is 1.99. The van der Waals surface area contributed by atoms with E-state index in [4.69, 9.17) is 24.8 Å². The van der Waals surface area contributed by atoms with Gasteiger partial charge in [-0.1, -0.05) is 0 Å². The second-order valence-corrected chi connectivity index (χ2v) is 5.13. The van der Waals surface area contributed by atoms with Crippen LogP contribution in [0.1, 0.15) is 26.7 Å². The van der Waals surface area contributed by atoms with E-state index in [9.17, 15) is 9.59 Å². The maximum atomic E-state index is 11.4. The third-order valence-corrected chi connectivity index (χ3v) is 2.65. The number of aliphatic hydroxyl groups is 3. The number of rotatable bonds is 12. The summed E-state index contributed by atoms with van der Waals surface area (Å²) < 4.78 is 9.65. The highest BCUT2D eigenvalue weighted by molar-refractivity contribution is 5.70. The molecule has 0 fully saturated rings. The Morgan fingerprint density at radius 3 is 1.64 bits per heavy atom. The van der Waals surface area contributed by atoms with E-state index in [1.807, 2.05) is 0 Å². The lowest BCUT2D eigenvalue weighted by Gasteiger charge is -2.20. The average Bonchev–Trinajstić information content (AvgIpc) is 2.45. The third-order valence-electron chi connectivity index (χ3n) is 2.65. The Kier molecular flexibility index (Phi) is 11.7.